The van der Waals surface area contributed by atoms with E-state index in [0.29, 0.717) is 40.1 Å². The molecular weight excluding hydrogens is 1500 g/mol. The molecule has 0 unspecified atom stereocenters. The van der Waals surface area contributed by atoms with Crippen molar-refractivity contribution < 1.29 is 27.4 Å². The van der Waals surface area contributed by atoms with Gasteiger partial charge in [-0.25, -0.2) is 9.97 Å². The summed E-state index contributed by atoms with van der Waals surface area (Å²) in [5.41, 5.74) is 18.5. The Morgan fingerprint density at radius 2 is 0.793 bits per heavy atom. The van der Waals surface area contributed by atoms with Crippen molar-refractivity contribution in [1.82, 2.24) is 120 Å². The van der Waals surface area contributed by atoms with Crippen LogP contribution in [-0.4, -0.2) is 223 Å². The van der Waals surface area contributed by atoms with Crippen LogP contribution >= 0.6 is 11.6 Å². The van der Waals surface area contributed by atoms with Crippen LogP contribution in [0.5, 0.6) is 17.5 Å². The maximum Gasteiger partial charge on any atom is 0.433 e. The molecule has 0 aliphatic heterocycles. The largest absolute Gasteiger partial charge is 0.496 e. The Labute approximate surface area is 684 Å². The number of pyridine rings is 6. The van der Waals surface area contributed by atoms with Crippen molar-refractivity contribution in [3.8, 4) is 91.1 Å². The number of hydrogen-bond acceptors (Lipinski definition) is 22. The Kier molecular flexibility index (Phi) is 38.3. The summed E-state index contributed by atoms with van der Waals surface area (Å²) < 4.78 is 53.5. The smallest absolute Gasteiger partial charge is 0.433 e. The molecule has 0 aliphatic rings. The van der Waals surface area contributed by atoms with Gasteiger partial charge >= 0.3 is 6.18 Å². The standard InChI is InChI=1S/C14H19ClN4O.C14H17F3N4.C14H17N5.2C14H20N4O.C14H20N4/c1-4-5-19(2)9-10-7-17-18-13(10)12-6-11(15)8-16-14(12)20-3;1-3-6-21(2)9-11-8-19-20-13(11)10-4-5-12(18-7-10)14(15,16)17;1-3-4-19(2)10-13-9-17-18-14(13)12-5-11(6-15)7-16-8-12;1-4-8-18(2)10-11-9-16-17-13(11)12-6-5-7-15-14(12)19-3;1-4-7-18(2)10-11-8-16-17-14(11)12-9-15-6-5-13(12)19-3;1-4-7-18(3)10-12-8-16-17-14(12)13-9-15-6-5-11(13)2/h6-8H,4-5,9H2,1-3H3,(H,17,18);4-5,7-8H,3,6,9H2,1-2H3,(H,19,20);5,7-9H,3-4,10H2,1-2H3,(H,17,18);5-7,9H,4,8,10H2,1-3H3,(H,16,17);5-6,8-9H,4,7,10H2,1-3H3,(H,16,17);5-6,8-9H,4,7,10H2,1-3H3,(H,16,17). The van der Waals surface area contributed by atoms with Gasteiger partial charge in [-0.2, -0.15) is 49.0 Å². The van der Waals surface area contributed by atoms with Crippen LogP contribution in [0.25, 0.3) is 67.5 Å². The number of hydrogen-bond donors (Lipinski definition) is 6. The first-order valence-electron chi connectivity index (χ1n) is 38.8. The van der Waals surface area contributed by atoms with Crippen molar-refractivity contribution in [2.45, 2.75) is 132 Å². The molecule has 6 N–H and O–H groups in total. The number of ether oxygens (including phenoxy) is 3. The fraction of sp³-hybridized carbons (Fsp3) is 0.417. The second kappa shape index (κ2) is 48.3. The zero-order valence-electron chi connectivity index (χ0n) is 69.7. The lowest BCUT2D eigenvalue weighted by atomic mass is 10.1. The van der Waals surface area contributed by atoms with Crippen molar-refractivity contribution in [2.75, 3.05) is 103 Å². The van der Waals surface area contributed by atoms with Gasteiger partial charge in [0.15, 0.2) is 0 Å². The summed E-state index contributed by atoms with van der Waals surface area (Å²) in [4.78, 5) is 37.8. The molecule has 0 radical (unpaired) electrons. The SMILES string of the molecule is CCCN(C)Cc1cn[nH]c1-c1cc(Cl)cnc1OC.CCCN(C)Cc1cn[nH]c1-c1ccc(C(F)(F)F)nc1.CCCN(C)Cc1cn[nH]c1-c1cccnc1OC.CCCN(C)Cc1cn[nH]c1-c1cncc(C#N)c1.CCCN(C)Cc1cn[nH]c1-c1cnccc1C.CCCN(C)Cc1cn[nH]c1-c1cnccc1OC. The van der Waals surface area contributed by atoms with Crippen LogP contribution in [0.3, 0.4) is 0 Å². The molecule has 12 rings (SSSR count). The molecule has 0 amide bonds. The molecule has 12 heterocycles. The molecular formula is C84H113ClF3N25O3. The molecule has 0 spiro atoms. The summed E-state index contributed by atoms with van der Waals surface area (Å²) in [6.45, 7) is 26.3. The van der Waals surface area contributed by atoms with Gasteiger partial charge < -0.3 is 43.6 Å². The number of nitrogens with zero attached hydrogens (tertiary/aromatic N) is 19. The van der Waals surface area contributed by atoms with E-state index in [1.165, 1.54) is 23.4 Å². The van der Waals surface area contributed by atoms with Gasteiger partial charge in [0.2, 0.25) is 11.8 Å². The molecule has 0 saturated heterocycles. The number of H-pyrrole nitrogens is 6. The van der Waals surface area contributed by atoms with Crippen molar-refractivity contribution in [3.05, 3.63) is 197 Å². The Morgan fingerprint density at radius 1 is 0.397 bits per heavy atom. The molecule has 620 valence electrons. The number of nitriles is 1. The van der Waals surface area contributed by atoms with Crippen LogP contribution in [0.4, 0.5) is 13.2 Å². The summed E-state index contributed by atoms with van der Waals surface area (Å²) >= 11 is 6.04. The Morgan fingerprint density at radius 3 is 1.20 bits per heavy atom. The van der Waals surface area contributed by atoms with Crippen LogP contribution in [-0.2, 0) is 45.4 Å². The number of aromatic amines is 6. The van der Waals surface area contributed by atoms with Gasteiger partial charge in [0.1, 0.15) is 17.5 Å². The zero-order chi connectivity index (χ0) is 83.9. The van der Waals surface area contributed by atoms with Gasteiger partial charge in [0, 0.05) is 145 Å². The molecule has 0 atom stereocenters. The lowest BCUT2D eigenvalue weighted by Crippen LogP contribution is -2.18. The predicted octanol–water partition coefficient (Wildman–Crippen LogP) is 15.8. The number of aromatic nitrogens is 18. The summed E-state index contributed by atoms with van der Waals surface area (Å²) in [5, 5.41) is 52.2. The van der Waals surface area contributed by atoms with Crippen LogP contribution in [0.15, 0.2) is 141 Å². The molecule has 12 aromatic heterocycles. The Bertz CT molecular complexity index is 4740. The molecule has 0 fully saturated rings. The van der Waals surface area contributed by atoms with Crippen LogP contribution in [0, 0.1) is 18.3 Å². The lowest BCUT2D eigenvalue weighted by Gasteiger charge is -2.15. The summed E-state index contributed by atoms with van der Waals surface area (Å²) in [5.74, 6) is 1.96. The minimum Gasteiger partial charge on any atom is -0.496 e. The molecule has 116 heavy (non-hydrogen) atoms. The fourth-order valence-electron chi connectivity index (χ4n) is 12.9. The summed E-state index contributed by atoms with van der Waals surface area (Å²) in [7, 11) is 17.4. The van der Waals surface area contributed by atoms with E-state index in [9.17, 15) is 13.2 Å². The highest BCUT2D eigenvalue weighted by atomic mass is 35.5. The van der Waals surface area contributed by atoms with Crippen LogP contribution in [0.1, 0.15) is 130 Å². The molecule has 0 aromatic carbocycles. The first-order valence-corrected chi connectivity index (χ1v) is 39.2. The van der Waals surface area contributed by atoms with E-state index in [-0.39, 0.29) is 0 Å². The third kappa shape index (κ3) is 28.1. The molecule has 0 bridgehead atoms. The van der Waals surface area contributed by atoms with Gasteiger partial charge in [-0.05, 0) is 181 Å². The quantitative estimate of drug-likeness (QED) is 0.0223. The van der Waals surface area contributed by atoms with E-state index < -0.39 is 11.9 Å². The topological polar surface area (TPSA) is 320 Å². The zero-order valence-corrected chi connectivity index (χ0v) is 70.5. The monoisotopic (exact) mass is 1610 g/mol. The average molecular weight is 1610 g/mol. The Balaban J connectivity index is 0.000000193. The van der Waals surface area contributed by atoms with E-state index in [2.05, 4.69) is 210 Å². The number of nitrogens with one attached hydrogen (secondary N) is 6. The third-order valence-corrected chi connectivity index (χ3v) is 18.4. The molecule has 28 nitrogen and oxygen atoms in total. The Hall–Kier alpha value is -11.1. The van der Waals surface area contributed by atoms with Crippen LogP contribution in [0.2, 0.25) is 5.02 Å². The van der Waals surface area contributed by atoms with Crippen molar-refractivity contribution in [1.29, 1.82) is 5.26 Å². The maximum atomic E-state index is 12.5. The van der Waals surface area contributed by atoms with E-state index in [0.717, 1.165) is 206 Å². The highest BCUT2D eigenvalue weighted by Crippen LogP contribution is 2.35. The van der Waals surface area contributed by atoms with E-state index in [1.807, 2.05) is 86.8 Å². The number of aryl methyl sites for hydroxylation is 1. The minimum absolute atomic E-state index is 0.540. The number of rotatable bonds is 33. The van der Waals surface area contributed by atoms with E-state index >= 15 is 0 Å². The molecule has 12 aromatic rings. The summed E-state index contributed by atoms with van der Waals surface area (Å²) in [6.07, 6.45) is 28.4. The number of halogens is 4. The van der Waals surface area contributed by atoms with Crippen molar-refractivity contribution in [2.24, 2.45) is 0 Å². The highest BCUT2D eigenvalue weighted by Gasteiger charge is 2.32. The lowest BCUT2D eigenvalue weighted by molar-refractivity contribution is -0.141. The van der Waals surface area contributed by atoms with Gasteiger partial charge in [0.05, 0.1) is 120 Å². The predicted molar refractivity (Wildman–Crippen MR) is 450 cm³/mol. The molecule has 0 saturated carbocycles. The third-order valence-electron chi connectivity index (χ3n) is 18.2. The van der Waals surface area contributed by atoms with Crippen molar-refractivity contribution in [3.63, 3.8) is 0 Å². The van der Waals surface area contributed by atoms with Gasteiger partial charge in [0.25, 0.3) is 0 Å². The first-order chi connectivity index (χ1) is 56.0. The summed E-state index contributed by atoms with van der Waals surface area (Å²) in [6, 6.07) is 15.9. The molecule has 0 aliphatic carbocycles. The second-order valence-corrected chi connectivity index (χ2v) is 28.5. The van der Waals surface area contributed by atoms with Gasteiger partial charge in [-0.3, -0.25) is 50.5 Å². The average Bonchev–Trinajstić information content (AvgIpc) is 1.87. The minimum atomic E-state index is -4.42. The van der Waals surface area contributed by atoms with E-state index in [4.69, 9.17) is 31.1 Å². The van der Waals surface area contributed by atoms with Gasteiger partial charge in [-0.15, -0.1) is 0 Å². The number of alkyl halides is 3. The van der Waals surface area contributed by atoms with Gasteiger partial charge in [-0.1, -0.05) is 53.1 Å². The normalized spacial score (nSPS) is 11.1. The molecule has 32 heteroatoms. The first kappa shape index (κ1) is 92.1. The fourth-order valence-corrected chi connectivity index (χ4v) is 13.0. The van der Waals surface area contributed by atoms with E-state index in [1.54, 1.807) is 64.7 Å². The van der Waals surface area contributed by atoms with Crippen LogP contribution < -0.4 is 14.2 Å². The second-order valence-electron chi connectivity index (χ2n) is 28.1. The maximum absolute atomic E-state index is 12.5. The highest BCUT2D eigenvalue weighted by molar-refractivity contribution is 6.30. The number of methoxy groups -OCH3 is 3. The van der Waals surface area contributed by atoms with Crippen molar-refractivity contribution >= 4 is 11.6 Å².